The number of rotatable bonds is 7. The molecule has 0 aromatic rings. The van der Waals surface area contributed by atoms with Crippen LogP contribution in [0, 0.1) is 0 Å². The van der Waals surface area contributed by atoms with Crippen LogP contribution < -0.4 is 0 Å². The van der Waals surface area contributed by atoms with Gasteiger partial charge in [0.2, 0.25) is 5.91 Å². The van der Waals surface area contributed by atoms with Crippen molar-refractivity contribution in [2.75, 3.05) is 6.54 Å². The van der Waals surface area contributed by atoms with Crippen LogP contribution in [-0.4, -0.2) is 37.8 Å². The molecule has 1 heterocycles. The van der Waals surface area contributed by atoms with Gasteiger partial charge in [0, 0.05) is 12.6 Å². The number of nitrogens with zero attached hydrogens (tertiary/aromatic N) is 1. The number of carbonyl (C=O) groups excluding carboxylic acids is 1. The van der Waals surface area contributed by atoms with Crippen molar-refractivity contribution in [1.82, 2.24) is 4.90 Å². The molecule has 1 fully saturated rings. The number of hydrogen-bond acceptors (Lipinski definition) is 2. The molecule has 1 rings (SSSR count). The van der Waals surface area contributed by atoms with E-state index in [1.807, 2.05) is 4.90 Å². The Hall–Kier alpha value is -0.353. The van der Waals surface area contributed by atoms with Crippen LogP contribution in [-0.2, 0) is 9.22 Å². The van der Waals surface area contributed by atoms with Gasteiger partial charge in [-0.25, -0.2) is 0 Å². The smallest absolute Gasteiger partial charge is 0.225 e. The van der Waals surface area contributed by atoms with Crippen LogP contribution in [0.5, 0.6) is 0 Å². The fourth-order valence-corrected chi connectivity index (χ4v) is 3.99. The van der Waals surface area contributed by atoms with Crippen molar-refractivity contribution < 1.29 is 9.22 Å². The summed E-state index contributed by atoms with van der Waals surface area (Å²) in [4.78, 5) is 14.3. The molecular weight excluding hydrogens is 278 g/mol. The van der Waals surface area contributed by atoms with Gasteiger partial charge in [-0.05, 0) is 31.5 Å². The Labute approximate surface area is 132 Å². The summed E-state index contributed by atoms with van der Waals surface area (Å²) in [5, 5.41) is 0.205. The molecule has 21 heavy (non-hydrogen) atoms. The third-order valence-corrected chi connectivity index (χ3v) is 9.68. The Balaban J connectivity index is 2.54. The number of amides is 1. The van der Waals surface area contributed by atoms with E-state index < -0.39 is 8.32 Å². The zero-order chi connectivity index (χ0) is 16.3. The van der Waals surface area contributed by atoms with Crippen molar-refractivity contribution in [3.05, 3.63) is 0 Å². The van der Waals surface area contributed by atoms with E-state index in [0.29, 0.717) is 12.5 Å². The zero-order valence-corrected chi connectivity index (χ0v) is 16.2. The van der Waals surface area contributed by atoms with Gasteiger partial charge in [-0.15, -0.1) is 0 Å². The summed E-state index contributed by atoms with van der Waals surface area (Å²) in [5.41, 5.74) is 0. The summed E-state index contributed by atoms with van der Waals surface area (Å²) in [6.07, 6.45) is 5.51. The van der Waals surface area contributed by atoms with E-state index in [1.165, 1.54) is 19.3 Å². The predicted molar refractivity (Wildman–Crippen MR) is 92.0 cm³/mol. The first-order valence-electron chi connectivity index (χ1n) is 8.55. The molecule has 0 N–H and O–H groups in total. The van der Waals surface area contributed by atoms with E-state index in [1.54, 1.807) is 0 Å². The number of hydrogen-bond donors (Lipinski definition) is 0. The molecule has 0 spiro atoms. The Morgan fingerprint density at radius 2 is 1.95 bits per heavy atom. The first-order valence-corrected chi connectivity index (χ1v) is 11.5. The van der Waals surface area contributed by atoms with Crippen molar-refractivity contribution in [2.24, 2.45) is 0 Å². The second kappa shape index (κ2) is 7.27. The molecule has 2 atom stereocenters. The maximum Gasteiger partial charge on any atom is 0.225 e. The minimum atomic E-state index is -1.77. The van der Waals surface area contributed by atoms with Crippen molar-refractivity contribution in [2.45, 2.75) is 97.0 Å². The largest absolute Gasteiger partial charge is 0.412 e. The topological polar surface area (TPSA) is 29.5 Å². The molecule has 4 heteroatoms. The van der Waals surface area contributed by atoms with Crippen molar-refractivity contribution in [3.8, 4) is 0 Å². The van der Waals surface area contributed by atoms with E-state index in [2.05, 4.69) is 47.7 Å². The quantitative estimate of drug-likeness (QED) is 0.508. The fourth-order valence-electron chi connectivity index (χ4n) is 2.64. The van der Waals surface area contributed by atoms with Gasteiger partial charge in [0.1, 0.15) is 0 Å². The predicted octanol–water partition coefficient (Wildman–Crippen LogP) is 4.58. The Morgan fingerprint density at radius 3 is 2.48 bits per heavy atom. The van der Waals surface area contributed by atoms with Crippen LogP contribution in [0.2, 0.25) is 18.1 Å². The third kappa shape index (κ3) is 5.10. The van der Waals surface area contributed by atoms with Crippen LogP contribution in [0.3, 0.4) is 0 Å². The molecule has 0 unspecified atom stereocenters. The highest BCUT2D eigenvalue weighted by molar-refractivity contribution is 6.74. The molecule has 0 radical (unpaired) electrons. The average molecular weight is 314 g/mol. The van der Waals surface area contributed by atoms with E-state index in [0.717, 1.165) is 13.0 Å². The lowest BCUT2D eigenvalue weighted by molar-refractivity contribution is -0.129. The van der Waals surface area contributed by atoms with Crippen LogP contribution in [0.15, 0.2) is 0 Å². The molecule has 1 amide bonds. The molecule has 0 aromatic heterocycles. The van der Waals surface area contributed by atoms with Gasteiger partial charge >= 0.3 is 0 Å². The summed E-state index contributed by atoms with van der Waals surface area (Å²) in [5.74, 6) is 0.280. The second-order valence-corrected chi connectivity index (χ2v) is 12.9. The molecule has 0 bridgehead atoms. The maximum absolute atomic E-state index is 12.3. The van der Waals surface area contributed by atoms with Gasteiger partial charge in [-0.3, -0.25) is 4.79 Å². The monoisotopic (exact) mass is 313 g/mol. The molecule has 1 aliphatic rings. The number of unbranched alkanes of at least 4 members (excludes halogenated alkanes) is 2. The Bertz CT molecular complexity index is 349. The van der Waals surface area contributed by atoms with Crippen molar-refractivity contribution >= 4 is 14.2 Å². The normalized spacial score (nSPS) is 22.0. The lowest BCUT2D eigenvalue weighted by Crippen LogP contribution is -2.45. The second-order valence-electron chi connectivity index (χ2n) is 8.10. The molecule has 0 aliphatic carbocycles. The van der Waals surface area contributed by atoms with E-state index in [-0.39, 0.29) is 17.0 Å². The average Bonchev–Trinajstić information content (AvgIpc) is 2.68. The molecule has 1 aliphatic heterocycles. The van der Waals surface area contributed by atoms with Gasteiger partial charge in [-0.2, -0.15) is 0 Å². The van der Waals surface area contributed by atoms with Crippen LogP contribution in [0.1, 0.15) is 66.7 Å². The van der Waals surface area contributed by atoms with Gasteiger partial charge in [0.25, 0.3) is 0 Å². The first kappa shape index (κ1) is 18.7. The minimum absolute atomic E-state index is 0.104. The highest BCUT2D eigenvalue weighted by Crippen LogP contribution is 2.38. The lowest BCUT2D eigenvalue weighted by Gasteiger charge is -2.38. The summed E-state index contributed by atoms with van der Waals surface area (Å²) < 4.78 is 6.42. The summed E-state index contributed by atoms with van der Waals surface area (Å²) in [7, 11) is -1.77. The molecular formula is C17H35NO2Si. The fraction of sp³-hybridized carbons (Fsp3) is 0.941. The number of likely N-dealkylation sites (tertiary alicyclic amines) is 1. The molecule has 124 valence electrons. The van der Waals surface area contributed by atoms with Crippen LogP contribution >= 0.6 is 0 Å². The van der Waals surface area contributed by atoms with Crippen molar-refractivity contribution in [3.63, 3.8) is 0 Å². The summed E-state index contributed by atoms with van der Waals surface area (Å²) in [6.45, 7) is 16.5. The summed E-state index contributed by atoms with van der Waals surface area (Å²) >= 11 is 0. The van der Waals surface area contributed by atoms with E-state index in [4.69, 9.17) is 4.43 Å². The van der Waals surface area contributed by atoms with Gasteiger partial charge in [0.05, 0.1) is 12.5 Å². The van der Waals surface area contributed by atoms with E-state index in [9.17, 15) is 4.79 Å². The van der Waals surface area contributed by atoms with Gasteiger partial charge in [-0.1, -0.05) is 47.0 Å². The van der Waals surface area contributed by atoms with Crippen LogP contribution in [0.4, 0.5) is 0 Å². The summed E-state index contributed by atoms with van der Waals surface area (Å²) in [6, 6.07) is 0.358. The minimum Gasteiger partial charge on any atom is -0.412 e. The molecule has 0 saturated carbocycles. The highest BCUT2D eigenvalue weighted by Gasteiger charge is 2.42. The van der Waals surface area contributed by atoms with Gasteiger partial charge in [0.15, 0.2) is 8.32 Å². The number of carbonyl (C=O) groups is 1. The zero-order valence-electron chi connectivity index (χ0n) is 15.2. The third-order valence-electron chi connectivity index (χ3n) is 5.15. The highest BCUT2D eigenvalue weighted by atomic mass is 28.4. The lowest BCUT2D eigenvalue weighted by atomic mass is 10.1. The standard InChI is InChI=1S/C17H35NO2Si/c1-8-9-10-11-14(2)18-13-15(12-16(18)19)20-21(6,7)17(3,4)5/h14-15H,8-13H2,1-7H3/t14-,15+/m1/s1. The Morgan fingerprint density at radius 1 is 1.33 bits per heavy atom. The first-order chi connectivity index (χ1) is 9.58. The van der Waals surface area contributed by atoms with Crippen molar-refractivity contribution in [1.29, 1.82) is 0 Å². The Kier molecular flexibility index (Phi) is 6.48. The van der Waals surface area contributed by atoms with Gasteiger partial charge < -0.3 is 9.33 Å². The molecule has 1 saturated heterocycles. The molecule has 3 nitrogen and oxygen atoms in total. The maximum atomic E-state index is 12.3. The SMILES string of the molecule is CCCCC[C@@H](C)N1C[C@@H](O[Si](C)(C)C(C)(C)C)CC1=O. The molecule has 0 aromatic carbocycles. The van der Waals surface area contributed by atoms with Crippen LogP contribution in [0.25, 0.3) is 0 Å². The van der Waals surface area contributed by atoms with E-state index >= 15 is 0 Å².